The van der Waals surface area contributed by atoms with Gasteiger partial charge in [-0.2, -0.15) is 5.10 Å². The molecule has 1 saturated carbocycles. The first-order chi connectivity index (χ1) is 15.4. The maximum atomic E-state index is 14.5. The highest BCUT2D eigenvalue weighted by molar-refractivity contribution is 5.78. The Bertz CT molecular complexity index is 1360. The molecule has 0 amide bonds. The van der Waals surface area contributed by atoms with E-state index in [0.29, 0.717) is 17.8 Å². The van der Waals surface area contributed by atoms with Gasteiger partial charge in [0.2, 0.25) is 0 Å². The topological polar surface area (TPSA) is 85.0 Å². The van der Waals surface area contributed by atoms with Crippen molar-refractivity contribution >= 4 is 16.7 Å². The number of fused-ring (bicyclic) bond motifs is 1. The van der Waals surface area contributed by atoms with E-state index in [1.54, 1.807) is 0 Å². The molecule has 4 aromatic rings. The van der Waals surface area contributed by atoms with Crippen LogP contribution >= 0.6 is 0 Å². The number of pyridine rings is 2. The molecule has 2 atom stereocenters. The Hall–Kier alpha value is -3.66. The number of aliphatic hydroxyl groups excluding tert-OH is 1. The number of anilines is 1. The number of halogens is 3. The van der Waals surface area contributed by atoms with E-state index >= 15 is 0 Å². The van der Waals surface area contributed by atoms with Gasteiger partial charge in [-0.05, 0) is 31.0 Å². The normalized spacial score (nSPS) is 18.0. The lowest BCUT2D eigenvalue weighted by Crippen LogP contribution is -2.42. The van der Waals surface area contributed by atoms with Crippen LogP contribution in [0.4, 0.5) is 19.0 Å². The highest BCUT2D eigenvalue weighted by Gasteiger charge is 2.29. The van der Waals surface area contributed by atoms with Crippen molar-refractivity contribution in [3.8, 4) is 5.69 Å². The van der Waals surface area contributed by atoms with Crippen LogP contribution in [0.25, 0.3) is 16.6 Å². The molecule has 0 aliphatic heterocycles. The minimum Gasteiger partial charge on any atom is -0.391 e. The van der Waals surface area contributed by atoms with Crippen molar-refractivity contribution in [2.45, 2.75) is 31.5 Å². The number of rotatable bonds is 5. The van der Waals surface area contributed by atoms with Gasteiger partial charge < -0.3 is 10.4 Å². The molecule has 0 unspecified atom stereocenters. The number of benzene rings is 1. The van der Waals surface area contributed by atoms with Gasteiger partial charge in [-0.15, -0.1) is 0 Å². The highest BCUT2D eigenvalue weighted by atomic mass is 19.1. The number of aliphatic hydroxyl groups is 1. The van der Waals surface area contributed by atoms with Crippen molar-refractivity contribution in [3.63, 3.8) is 0 Å². The second kappa shape index (κ2) is 7.79. The molecule has 32 heavy (non-hydrogen) atoms. The van der Waals surface area contributed by atoms with E-state index in [1.807, 2.05) is 0 Å². The van der Waals surface area contributed by atoms with Crippen LogP contribution in [0.5, 0.6) is 0 Å². The van der Waals surface area contributed by atoms with Gasteiger partial charge in [-0.3, -0.25) is 14.0 Å². The van der Waals surface area contributed by atoms with Gasteiger partial charge in [0.05, 0.1) is 47.7 Å². The van der Waals surface area contributed by atoms with E-state index in [4.69, 9.17) is 0 Å². The zero-order valence-electron chi connectivity index (χ0n) is 16.7. The third-order valence-electron chi connectivity index (χ3n) is 5.75. The average molecular weight is 441 g/mol. The molecule has 1 aliphatic rings. The molecule has 0 radical (unpaired) electrons. The van der Waals surface area contributed by atoms with Gasteiger partial charge in [-0.25, -0.2) is 18.2 Å². The van der Waals surface area contributed by atoms with Crippen molar-refractivity contribution in [1.82, 2.24) is 19.3 Å². The van der Waals surface area contributed by atoms with Gasteiger partial charge in [-0.1, -0.05) is 6.07 Å². The zero-order chi connectivity index (χ0) is 22.4. The fourth-order valence-corrected chi connectivity index (χ4v) is 3.76. The summed E-state index contributed by atoms with van der Waals surface area (Å²) in [5.41, 5.74) is -0.367. The molecule has 0 spiro atoms. The summed E-state index contributed by atoms with van der Waals surface area (Å²) < 4.78 is 45.0. The molecule has 7 nitrogen and oxygen atoms in total. The third kappa shape index (κ3) is 3.42. The van der Waals surface area contributed by atoms with E-state index in [-0.39, 0.29) is 29.2 Å². The van der Waals surface area contributed by atoms with Gasteiger partial charge in [0.25, 0.3) is 5.56 Å². The fraction of sp³-hybridized carbons (Fsp3) is 0.227. The van der Waals surface area contributed by atoms with E-state index < -0.39 is 29.1 Å². The van der Waals surface area contributed by atoms with Crippen LogP contribution in [0.15, 0.2) is 53.7 Å². The molecule has 2 N–H and O–H groups in total. The quantitative estimate of drug-likeness (QED) is 0.498. The predicted molar refractivity (Wildman–Crippen MR) is 111 cm³/mol. The van der Waals surface area contributed by atoms with Gasteiger partial charge in [0, 0.05) is 17.8 Å². The van der Waals surface area contributed by atoms with Crippen molar-refractivity contribution in [2.24, 2.45) is 0 Å². The summed E-state index contributed by atoms with van der Waals surface area (Å²) in [7, 11) is 0. The highest BCUT2D eigenvalue weighted by Crippen LogP contribution is 2.25. The van der Waals surface area contributed by atoms with Crippen LogP contribution < -0.4 is 10.9 Å². The molecule has 3 aromatic heterocycles. The Morgan fingerprint density at radius 2 is 1.88 bits per heavy atom. The second-order valence-electron chi connectivity index (χ2n) is 7.71. The first kappa shape index (κ1) is 20.3. The molecule has 1 aliphatic carbocycles. The second-order valence-corrected chi connectivity index (χ2v) is 7.71. The van der Waals surface area contributed by atoms with Crippen LogP contribution in [-0.2, 0) is 6.54 Å². The van der Waals surface area contributed by atoms with Crippen LogP contribution in [0.1, 0.15) is 18.4 Å². The molecular formula is C22H18F3N5O2. The zero-order valence-corrected chi connectivity index (χ0v) is 16.7. The molecule has 5 rings (SSSR count). The Labute approximate surface area is 179 Å². The third-order valence-corrected chi connectivity index (χ3v) is 5.75. The van der Waals surface area contributed by atoms with Crippen molar-refractivity contribution in [1.29, 1.82) is 0 Å². The van der Waals surface area contributed by atoms with Crippen LogP contribution in [0.2, 0.25) is 0 Å². The SMILES string of the molecule is O=c1c2cnn(Cc3c(F)cccc3F)c2ccn1-c1cc(N[C@H]2CC[C@@H]2O)ncc1F. The van der Waals surface area contributed by atoms with Gasteiger partial charge in [0.1, 0.15) is 17.5 Å². The van der Waals surface area contributed by atoms with Crippen LogP contribution in [0, 0.1) is 17.5 Å². The summed E-state index contributed by atoms with van der Waals surface area (Å²) in [6, 6.07) is 6.33. The smallest absolute Gasteiger partial charge is 0.266 e. The summed E-state index contributed by atoms with van der Waals surface area (Å²) in [5, 5.41) is 17.0. The summed E-state index contributed by atoms with van der Waals surface area (Å²) in [6.07, 6.45) is 4.63. The van der Waals surface area contributed by atoms with Crippen LogP contribution in [-0.4, -0.2) is 36.6 Å². The number of hydrogen-bond acceptors (Lipinski definition) is 5. The molecule has 164 valence electrons. The lowest BCUT2D eigenvalue weighted by atomic mass is 9.89. The Balaban J connectivity index is 1.52. The lowest BCUT2D eigenvalue weighted by molar-refractivity contribution is 0.0784. The summed E-state index contributed by atoms with van der Waals surface area (Å²) >= 11 is 0. The average Bonchev–Trinajstić information content (AvgIpc) is 3.19. The molecule has 1 fully saturated rings. The molecule has 3 heterocycles. The number of nitrogens with zero attached hydrogens (tertiary/aromatic N) is 4. The number of nitrogens with one attached hydrogen (secondary N) is 1. The van der Waals surface area contributed by atoms with E-state index in [9.17, 15) is 23.1 Å². The Morgan fingerprint density at radius 1 is 1.09 bits per heavy atom. The minimum atomic E-state index is -0.711. The molecule has 0 saturated heterocycles. The Morgan fingerprint density at radius 3 is 2.56 bits per heavy atom. The molecule has 0 bridgehead atoms. The van der Waals surface area contributed by atoms with E-state index in [2.05, 4.69) is 15.4 Å². The van der Waals surface area contributed by atoms with E-state index in [0.717, 1.165) is 29.3 Å². The number of hydrogen-bond donors (Lipinski definition) is 2. The lowest BCUT2D eigenvalue weighted by Gasteiger charge is -2.33. The summed E-state index contributed by atoms with van der Waals surface area (Å²) in [6.45, 7) is -0.202. The first-order valence-electron chi connectivity index (χ1n) is 10.0. The minimum absolute atomic E-state index is 0.0175. The summed E-state index contributed by atoms with van der Waals surface area (Å²) in [5.74, 6) is -1.79. The maximum Gasteiger partial charge on any atom is 0.266 e. The molecule has 10 heteroatoms. The predicted octanol–water partition coefficient (Wildman–Crippen LogP) is 2.98. The monoisotopic (exact) mass is 441 g/mol. The molecule has 1 aromatic carbocycles. The Kier molecular flexibility index (Phi) is 4.93. The van der Waals surface area contributed by atoms with Gasteiger partial charge in [0.15, 0.2) is 5.82 Å². The standard InChI is InChI=1S/C22H18F3N5O2/c23-14-2-1-3-15(24)13(14)11-30-18-6-7-29(22(32)12(18)9-27-30)19-8-21(26-10-16(19)25)28-17-4-5-20(17)31/h1-3,6-10,17,20,31H,4-5,11H2,(H,26,28)/t17-,20-/m0/s1. The maximum absolute atomic E-state index is 14.5. The van der Waals surface area contributed by atoms with Gasteiger partial charge >= 0.3 is 0 Å². The summed E-state index contributed by atoms with van der Waals surface area (Å²) in [4.78, 5) is 17.0. The molecular weight excluding hydrogens is 423 g/mol. The number of aromatic nitrogens is 4. The van der Waals surface area contributed by atoms with Crippen LogP contribution in [0.3, 0.4) is 0 Å². The van der Waals surface area contributed by atoms with Crippen molar-refractivity contribution in [3.05, 3.63) is 82.3 Å². The van der Waals surface area contributed by atoms with Crippen molar-refractivity contribution < 1.29 is 18.3 Å². The first-order valence-corrected chi connectivity index (χ1v) is 10.0. The largest absolute Gasteiger partial charge is 0.391 e. The van der Waals surface area contributed by atoms with Crippen molar-refractivity contribution in [2.75, 3.05) is 5.32 Å². The van der Waals surface area contributed by atoms with E-state index in [1.165, 1.54) is 35.3 Å². The fourth-order valence-electron chi connectivity index (χ4n) is 3.76.